The van der Waals surface area contributed by atoms with Crippen molar-refractivity contribution in [2.75, 3.05) is 6.61 Å². The van der Waals surface area contributed by atoms with Gasteiger partial charge in [0.1, 0.15) is 4.90 Å². The van der Waals surface area contributed by atoms with Crippen molar-refractivity contribution in [3.8, 4) is 0 Å². The Balaban J connectivity index is 2.77. The highest BCUT2D eigenvalue weighted by molar-refractivity contribution is 7.86. The van der Waals surface area contributed by atoms with Crippen molar-refractivity contribution in [2.24, 2.45) is 0 Å². The summed E-state index contributed by atoms with van der Waals surface area (Å²) in [5.41, 5.74) is 3.88. The highest BCUT2D eigenvalue weighted by atomic mass is 32.2. The van der Waals surface area contributed by atoms with Crippen LogP contribution in [0.15, 0.2) is 17.0 Å². The molecule has 0 aliphatic carbocycles. The number of amides is 1. The maximum absolute atomic E-state index is 12.1. The van der Waals surface area contributed by atoms with Gasteiger partial charge in [0.25, 0.3) is 0 Å². The summed E-state index contributed by atoms with van der Waals surface area (Å²) in [4.78, 5) is 11.4. The second kappa shape index (κ2) is 7.42. The quantitative estimate of drug-likeness (QED) is 0.645. The molecule has 0 aliphatic rings. The van der Waals surface area contributed by atoms with Crippen LogP contribution in [0.4, 0.5) is 4.79 Å². The summed E-state index contributed by atoms with van der Waals surface area (Å²) < 4.78 is 33.6. The zero-order valence-corrected chi connectivity index (χ0v) is 13.5. The molecule has 0 radical (unpaired) electrons. The summed E-state index contributed by atoms with van der Waals surface area (Å²) >= 11 is 0. The van der Waals surface area contributed by atoms with Crippen molar-refractivity contribution in [3.05, 3.63) is 28.8 Å². The zero-order valence-electron chi connectivity index (χ0n) is 12.7. The first-order valence-corrected chi connectivity index (χ1v) is 8.13. The van der Waals surface area contributed by atoms with Crippen LogP contribution in [0.2, 0.25) is 0 Å². The number of nitrogens with one attached hydrogen (secondary N) is 1. The number of hydrogen-bond donors (Lipinski definition) is 1. The molecule has 0 atom stereocenters. The Labute approximate surface area is 125 Å². The standard InChI is InChI=1S/C14H21NO5S/c1-5-6-7-19-14(16)15-20-21(17,18)13-11(3)8-10(2)9-12(13)4/h8-9H,5-7H2,1-4H3,(H,15,16). The summed E-state index contributed by atoms with van der Waals surface area (Å²) in [6.07, 6.45) is 0.652. The second-order valence-corrected chi connectivity index (χ2v) is 6.34. The Morgan fingerprint density at radius 2 is 1.76 bits per heavy atom. The Hall–Kier alpha value is -1.60. The van der Waals surface area contributed by atoms with Crippen LogP contribution in [0.5, 0.6) is 0 Å². The van der Waals surface area contributed by atoms with Crippen molar-refractivity contribution >= 4 is 16.2 Å². The van der Waals surface area contributed by atoms with E-state index in [9.17, 15) is 13.2 Å². The van der Waals surface area contributed by atoms with Crippen LogP contribution in [0.1, 0.15) is 36.5 Å². The predicted octanol–water partition coefficient (Wildman–Crippen LogP) is 2.76. The van der Waals surface area contributed by atoms with E-state index in [0.717, 1.165) is 12.0 Å². The number of ether oxygens (including phenoxy) is 1. The monoisotopic (exact) mass is 315 g/mol. The van der Waals surface area contributed by atoms with E-state index in [0.29, 0.717) is 17.5 Å². The lowest BCUT2D eigenvalue weighted by Crippen LogP contribution is -2.28. The Morgan fingerprint density at radius 3 is 2.29 bits per heavy atom. The lowest BCUT2D eigenvalue weighted by Gasteiger charge is -2.12. The fourth-order valence-electron chi connectivity index (χ4n) is 2.03. The number of hydrogen-bond acceptors (Lipinski definition) is 5. The van der Waals surface area contributed by atoms with Gasteiger partial charge in [-0.2, -0.15) is 13.9 Å². The molecule has 1 N–H and O–H groups in total. The van der Waals surface area contributed by atoms with Gasteiger partial charge in [-0.15, -0.1) is 4.28 Å². The highest BCUT2D eigenvalue weighted by Gasteiger charge is 2.22. The largest absolute Gasteiger partial charge is 0.448 e. The number of carbonyl (C=O) groups excluding carboxylic acids is 1. The molecule has 7 heteroatoms. The number of aryl methyl sites for hydroxylation is 3. The van der Waals surface area contributed by atoms with Crippen LogP contribution in [-0.4, -0.2) is 21.1 Å². The van der Waals surface area contributed by atoms with Crippen LogP contribution in [0.25, 0.3) is 0 Å². The topological polar surface area (TPSA) is 81.7 Å². The third kappa shape index (κ3) is 5.02. The molecule has 21 heavy (non-hydrogen) atoms. The van der Waals surface area contributed by atoms with E-state index in [1.165, 1.54) is 0 Å². The van der Waals surface area contributed by atoms with Crippen LogP contribution < -0.4 is 5.48 Å². The van der Waals surface area contributed by atoms with Crippen molar-refractivity contribution in [2.45, 2.75) is 45.4 Å². The maximum Gasteiger partial charge on any atom is 0.432 e. The molecule has 0 bridgehead atoms. The van der Waals surface area contributed by atoms with E-state index in [1.807, 2.05) is 13.8 Å². The molecule has 0 heterocycles. The van der Waals surface area contributed by atoms with Crippen molar-refractivity contribution in [1.29, 1.82) is 0 Å². The zero-order chi connectivity index (χ0) is 16.0. The summed E-state index contributed by atoms with van der Waals surface area (Å²) in [6.45, 7) is 7.39. The lowest BCUT2D eigenvalue weighted by molar-refractivity contribution is 0.101. The van der Waals surface area contributed by atoms with Crippen molar-refractivity contribution in [3.63, 3.8) is 0 Å². The molecule has 0 saturated carbocycles. The smallest absolute Gasteiger partial charge is 0.432 e. The first-order valence-electron chi connectivity index (χ1n) is 6.72. The fraction of sp³-hybridized carbons (Fsp3) is 0.500. The minimum atomic E-state index is -4.08. The van der Waals surface area contributed by atoms with Gasteiger partial charge >= 0.3 is 16.2 Å². The number of rotatable bonds is 6. The molecule has 0 spiro atoms. The van der Waals surface area contributed by atoms with Gasteiger partial charge in [-0.05, 0) is 38.3 Å². The van der Waals surface area contributed by atoms with Gasteiger partial charge < -0.3 is 4.74 Å². The second-order valence-electron chi connectivity index (χ2n) is 4.86. The third-order valence-electron chi connectivity index (χ3n) is 2.82. The van der Waals surface area contributed by atoms with E-state index in [4.69, 9.17) is 4.74 Å². The molecule has 0 unspecified atom stereocenters. The van der Waals surface area contributed by atoms with Gasteiger partial charge in [-0.3, -0.25) is 0 Å². The maximum atomic E-state index is 12.1. The third-order valence-corrected chi connectivity index (χ3v) is 4.27. The molecule has 1 rings (SSSR count). The minimum absolute atomic E-state index is 0.0574. The van der Waals surface area contributed by atoms with Crippen molar-refractivity contribution in [1.82, 2.24) is 5.48 Å². The molecule has 118 valence electrons. The van der Waals surface area contributed by atoms with E-state index in [-0.39, 0.29) is 11.5 Å². The van der Waals surface area contributed by atoms with E-state index >= 15 is 0 Å². The van der Waals surface area contributed by atoms with E-state index in [1.54, 1.807) is 31.5 Å². The Bertz CT molecular complexity index is 587. The molecule has 6 nitrogen and oxygen atoms in total. The summed E-state index contributed by atoms with van der Waals surface area (Å²) in [5, 5.41) is 0. The van der Waals surface area contributed by atoms with Gasteiger partial charge in [0.2, 0.25) is 0 Å². The van der Waals surface area contributed by atoms with Crippen LogP contribution in [-0.2, 0) is 19.1 Å². The van der Waals surface area contributed by atoms with Gasteiger partial charge in [-0.1, -0.05) is 31.0 Å². The van der Waals surface area contributed by atoms with E-state index in [2.05, 4.69) is 4.28 Å². The lowest BCUT2D eigenvalue weighted by atomic mass is 10.1. The summed E-state index contributed by atoms with van der Waals surface area (Å²) in [7, 11) is -4.08. The highest BCUT2D eigenvalue weighted by Crippen LogP contribution is 2.22. The summed E-state index contributed by atoms with van der Waals surface area (Å²) in [6, 6.07) is 3.48. The first kappa shape index (κ1) is 17.5. The molecule has 1 amide bonds. The molecule has 1 aromatic rings. The molecule has 0 aromatic heterocycles. The normalized spacial score (nSPS) is 11.2. The SMILES string of the molecule is CCCCOC(=O)NOS(=O)(=O)c1c(C)cc(C)cc1C. The van der Waals surface area contributed by atoms with Gasteiger partial charge in [0, 0.05) is 0 Å². The van der Waals surface area contributed by atoms with Gasteiger partial charge in [0.15, 0.2) is 0 Å². The Morgan fingerprint density at radius 1 is 1.19 bits per heavy atom. The minimum Gasteiger partial charge on any atom is -0.448 e. The molecule has 1 aromatic carbocycles. The molecular weight excluding hydrogens is 294 g/mol. The van der Waals surface area contributed by atoms with Crippen molar-refractivity contribution < 1.29 is 22.2 Å². The van der Waals surface area contributed by atoms with Gasteiger partial charge in [-0.25, -0.2) is 4.79 Å². The number of hydroxylamine groups is 1. The average molecular weight is 315 g/mol. The molecule has 0 aliphatic heterocycles. The average Bonchev–Trinajstić information content (AvgIpc) is 2.35. The van der Waals surface area contributed by atoms with E-state index < -0.39 is 16.2 Å². The van der Waals surface area contributed by atoms with Crippen LogP contribution in [0, 0.1) is 20.8 Å². The number of carbonyl (C=O) groups is 1. The molecular formula is C14H21NO5S. The summed E-state index contributed by atoms with van der Waals surface area (Å²) in [5.74, 6) is 0. The molecule has 0 fully saturated rings. The number of benzene rings is 1. The van der Waals surface area contributed by atoms with Crippen LogP contribution in [0.3, 0.4) is 0 Å². The van der Waals surface area contributed by atoms with Gasteiger partial charge in [0.05, 0.1) is 6.61 Å². The number of unbranched alkanes of at least 4 members (excludes halogenated alkanes) is 1. The fourth-order valence-corrected chi connectivity index (χ4v) is 3.20. The predicted molar refractivity (Wildman–Crippen MR) is 78.3 cm³/mol. The Kier molecular flexibility index (Phi) is 6.17. The first-order chi connectivity index (χ1) is 9.77. The molecule has 0 saturated heterocycles. The van der Waals surface area contributed by atoms with Crippen LogP contribution >= 0.6 is 0 Å².